The van der Waals surface area contributed by atoms with Crippen molar-refractivity contribution < 1.29 is 4.74 Å². The van der Waals surface area contributed by atoms with Crippen LogP contribution in [-0.2, 0) is 4.74 Å². The maximum atomic E-state index is 5.13. The molecule has 2 aromatic rings. The molecule has 0 saturated heterocycles. The van der Waals surface area contributed by atoms with Gasteiger partial charge in [0.05, 0.1) is 18.4 Å². The van der Waals surface area contributed by atoms with Gasteiger partial charge in [0.25, 0.3) is 0 Å². The molecule has 0 bridgehead atoms. The van der Waals surface area contributed by atoms with E-state index < -0.39 is 0 Å². The number of benzene rings is 1. The van der Waals surface area contributed by atoms with Crippen LogP contribution < -0.4 is 5.43 Å². The second kappa shape index (κ2) is 7.89. The third-order valence-corrected chi connectivity index (χ3v) is 5.02. The molecule has 2 heterocycles. The molecule has 6 heteroatoms. The molecule has 5 nitrogen and oxygen atoms in total. The van der Waals surface area contributed by atoms with Gasteiger partial charge >= 0.3 is 0 Å². The van der Waals surface area contributed by atoms with Crippen molar-refractivity contribution in [3.63, 3.8) is 0 Å². The second-order valence-electron chi connectivity index (χ2n) is 6.15. The van der Waals surface area contributed by atoms with Gasteiger partial charge in [0.2, 0.25) is 0 Å². The van der Waals surface area contributed by atoms with Gasteiger partial charge in [0, 0.05) is 35.5 Å². The number of aromatic nitrogens is 1. The Labute approximate surface area is 153 Å². The lowest BCUT2D eigenvalue weighted by Crippen LogP contribution is -2.27. The van der Waals surface area contributed by atoms with E-state index in [0.29, 0.717) is 6.61 Å². The third kappa shape index (κ3) is 3.96. The predicted molar refractivity (Wildman–Crippen MR) is 106 cm³/mol. The predicted octanol–water partition coefficient (Wildman–Crippen LogP) is 3.53. The fourth-order valence-electron chi connectivity index (χ4n) is 3.03. The van der Waals surface area contributed by atoms with Crippen molar-refractivity contribution in [2.75, 3.05) is 19.5 Å². The lowest BCUT2D eigenvalue weighted by Gasteiger charge is -2.16. The van der Waals surface area contributed by atoms with E-state index in [-0.39, 0.29) is 6.04 Å². The molecule has 3 rings (SSSR count). The molecule has 0 saturated carbocycles. The highest BCUT2D eigenvalue weighted by Gasteiger charge is 2.19. The Hall–Kier alpha value is -2.05. The highest BCUT2D eigenvalue weighted by molar-refractivity contribution is 8.14. The highest BCUT2D eigenvalue weighted by Crippen LogP contribution is 2.24. The van der Waals surface area contributed by atoms with Crippen molar-refractivity contribution in [3.05, 3.63) is 53.3 Å². The van der Waals surface area contributed by atoms with Crippen LogP contribution in [0.15, 0.2) is 46.5 Å². The van der Waals surface area contributed by atoms with Gasteiger partial charge in [-0.05, 0) is 39.0 Å². The molecule has 0 aliphatic carbocycles. The van der Waals surface area contributed by atoms with Gasteiger partial charge in [0.15, 0.2) is 5.17 Å². The quantitative estimate of drug-likeness (QED) is 0.892. The van der Waals surface area contributed by atoms with Crippen molar-refractivity contribution in [2.45, 2.75) is 26.8 Å². The summed E-state index contributed by atoms with van der Waals surface area (Å²) in [7, 11) is 1.69. The van der Waals surface area contributed by atoms with Crippen LogP contribution in [0.3, 0.4) is 0 Å². The number of hydrogen-bond donors (Lipinski definition) is 1. The van der Waals surface area contributed by atoms with E-state index in [2.05, 4.69) is 64.3 Å². The topological polar surface area (TPSA) is 50.9 Å². The first kappa shape index (κ1) is 17.8. The molecule has 0 fully saturated rings. The van der Waals surface area contributed by atoms with Gasteiger partial charge in [-0.3, -0.25) is 10.4 Å². The minimum atomic E-state index is 0.125. The number of ether oxygens (including phenoxy) is 1. The standard InChI is InChI=1S/C19H24N4OS/c1-13(11-24-4)20-19-22-21-18(12-25-19)17-10-14(2)23(15(17)3)16-8-6-5-7-9-16/h5-10,13H,11-12H2,1-4H3,(H,20,22)/t13-/m0/s1. The minimum Gasteiger partial charge on any atom is -0.382 e. The molecule has 1 N–H and O–H groups in total. The van der Waals surface area contributed by atoms with Gasteiger partial charge in [-0.2, -0.15) is 5.10 Å². The molecule has 25 heavy (non-hydrogen) atoms. The summed E-state index contributed by atoms with van der Waals surface area (Å²) in [6.45, 7) is 6.92. The summed E-state index contributed by atoms with van der Waals surface area (Å²) < 4.78 is 7.40. The van der Waals surface area contributed by atoms with Crippen LogP contribution in [0, 0.1) is 13.8 Å². The molecule has 0 amide bonds. The average molecular weight is 356 g/mol. The zero-order chi connectivity index (χ0) is 17.8. The van der Waals surface area contributed by atoms with E-state index in [1.54, 1.807) is 18.9 Å². The number of amidine groups is 1. The first-order chi connectivity index (χ1) is 12.1. The largest absolute Gasteiger partial charge is 0.382 e. The number of methoxy groups -OCH3 is 1. The van der Waals surface area contributed by atoms with E-state index >= 15 is 0 Å². The van der Waals surface area contributed by atoms with E-state index in [9.17, 15) is 0 Å². The van der Waals surface area contributed by atoms with E-state index in [0.717, 1.165) is 16.6 Å². The fraction of sp³-hybridized carbons (Fsp3) is 0.368. The van der Waals surface area contributed by atoms with Gasteiger partial charge in [-0.1, -0.05) is 30.0 Å². The first-order valence-corrected chi connectivity index (χ1v) is 9.35. The van der Waals surface area contributed by atoms with Crippen LogP contribution in [0.25, 0.3) is 5.69 Å². The Balaban J connectivity index is 1.83. The van der Waals surface area contributed by atoms with Crippen molar-refractivity contribution >= 4 is 22.6 Å². The molecular formula is C19H24N4OS. The molecule has 132 valence electrons. The Kier molecular flexibility index (Phi) is 5.60. The summed E-state index contributed by atoms with van der Waals surface area (Å²) in [4.78, 5) is 4.58. The number of thioether (sulfide) groups is 1. The summed E-state index contributed by atoms with van der Waals surface area (Å²) in [5.74, 6) is 0.810. The zero-order valence-electron chi connectivity index (χ0n) is 15.1. The SMILES string of the molecule is COC[C@H](C)N=C1NN=C(c2cc(C)n(-c3ccccc3)c2C)CS1. The lowest BCUT2D eigenvalue weighted by molar-refractivity contribution is 0.186. The Morgan fingerprint density at radius 1 is 1.32 bits per heavy atom. The van der Waals surface area contributed by atoms with Crippen LogP contribution in [0.1, 0.15) is 23.9 Å². The summed E-state index contributed by atoms with van der Waals surface area (Å²) in [5.41, 5.74) is 8.92. The Morgan fingerprint density at radius 3 is 2.72 bits per heavy atom. The molecule has 0 unspecified atom stereocenters. The lowest BCUT2D eigenvalue weighted by atomic mass is 10.1. The van der Waals surface area contributed by atoms with E-state index in [1.165, 1.54) is 22.6 Å². The fourth-order valence-corrected chi connectivity index (χ4v) is 3.89. The van der Waals surface area contributed by atoms with Gasteiger partial charge in [-0.15, -0.1) is 0 Å². The van der Waals surface area contributed by atoms with Crippen molar-refractivity contribution in [3.8, 4) is 5.69 Å². The van der Waals surface area contributed by atoms with Gasteiger partial charge in [-0.25, -0.2) is 0 Å². The van der Waals surface area contributed by atoms with Crippen LogP contribution in [0.2, 0.25) is 0 Å². The summed E-state index contributed by atoms with van der Waals surface area (Å²) in [6, 6.07) is 12.7. The van der Waals surface area contributed by atoms with Crippen LogP contribution in [0.4, 0.5) is 0 Å². The Bertz CT molecular complexity index is 795. The summed E-state index contributed by atoms with van der Waals surface area (Å²) in [5, 5.41) is 5.42. The maximum absolute atomic E-state index is 5.13. The molecule has 1 aliphatic rings. The van der Waals surface area contributed by atoms with Crippen molar-refractivity contribution in [1.82, 2.24) is 9.99 Å². The van der Waals surface area contributed by atoms with Crippen molar-refractivity contribution in [2.24, 2.45) is 10.1 Å². The van der Waals surface area contributed by atoms with Crippen LogP contribution in [-0.4, -0.2) is 41.0 Å². The molecule has 1 atom stereocenters. The number of aryl methyl sites for hydroxylation is 1. The van der Waals surface area contributed by atoms with E-state index in [1.807, 2.05) is 13.0 Å². The molecular weight excluding hydrogens is 332 g/mol. The number of nitrogens with zero attached hydrogens (tertiary/aromatic N) is 3. The number of aliphatic imine (C=N–C) groups is 1. The zero-order valence-corrected chi connectivity index (χ0v) is 15.9. The van der Waals surface area contributed by atoms with Crippen LogP contribution in [0.5, 0.6) is 0 Å². The number of hydrazone groups is 1. The van der Waals surface area contributed by atoms with E-state index in [4.69, 9.17) is 4.74 Å². The Morgan fingerprint density at radius 2 is 2.08 bits per heavy atom. The van der Waals surface area contributed by atoms with Crippen LogP contribution >= 0.6 is 11.8 Å². The second-order valence-corrected chi connectivity index (χ2v) is 7.12. The number of para-hydroxylation sites is 1. The molecule has 1 aromatic carbocycles. The molecule has 1 aliphatic heterocycles. The number of hydrogen-bond acceptors (Lipinski definition) is 4. The molecule has 1 aromatic heterocycles. The van der Waals surface area contributed by atoms with Gasteiger partial charge < -0.3 is 9.30 Å². The molecule has 0 radical (unpaired) electrons. The highest BCUT2D eigenvalue weighted by atomic mass is 32.2. The maximum Gasteiger partial charge on any atom is 0.177 e. The minimum absolute atomic E-state index is 0.125. The average Bonchev–Trinajstić information content (AvgIpc) is 2.91. The van der Waals surface area contributed by atoms with Crippen molar-refractivity contribution in [1.29, 1.82) is 0 Å². The first-order valence-electron chi connectivity index (χ1n) is 8.37. The molecule has 0 spiro atoms. The number of nitrogens with one attached hydrogen (secondary N) is 1. The number of rotatable bonds is 5. The normalized spacial score (nSPS) is 17.3. The smallest absolute Gasteiger partial charge is 0.177 e. The monoisotopic (exact) mass is 356 g/mol. The summed E-state index contributed by atoms with van der Waals surface area (Å²) >= 11 is 1.68. The summed E-state index contributed by atoms with van der Waals surface area (Å²) in [6.07, 6.45) is 0. The third-order valence-electron chi connectivity index (χ3n) is 4.13. The van der Waals surface area contributed by atoms with Gasteiger partial charge in [0.1, 0.15) is 0 Å².